The number of hydrogen-bond donors (Lipinski definition) is 5. The summed E-state index contributed by atoms with van der Waals surface area (Å²) in [4.78, 5) is 12.0. The second-order valence-electron chi connectivity index (χ2n) is 7.29. The molecule has 1 saturated heterocycles. The Morgan fingerprint density at radius 2 is 1.89 bits per heavy atom. The van der Waals surface area contributed by atoms with Gasteiger partial charge in [0.1, 0.15) is 24.4 Å². The molecule has 10 atom stereocenters. The molecule has 1 aliphatic carbocycles. The normalized spacial score (nSPS) is 47.0. The van der Waals surface area contributed by atoms with E-state index in [-0.39, 0.29) is 11.5 Å². The molecule has 2 aliphatic heterocycles. The quantitative estimate of drug-likeness (QED) is 0.336. The fourth-order valence-electron chi connectivity index (χ4n) is 4.19. The maximum Gasteiger partial charge on any atom is 0.337 e. The Kier molecular flexibility index (Phi) is 6.06. The molecule has 0 aromatic rings. The molecule has 10 heteroatoms. The number of carbonyl (C=O) groups is 1. The highest BCUT2D eigenvalue weighted by Gasteiger charge is 2.53. The van der Waals surface area contributed by atoms with Crippen LogP contribution in [0.3, 0.4) is 0 Å². The average Bonchev–Trinajstić information content (AvgIpc) is 2.96. The van der Waals surface area contributed by atoms with Crippen LogP contribution in [0.15, 0.2) is 11.8 Å². The number of aliphatic hydroxyl groups excluding tert-OH is 5. The fourth-order valence-corrected chi connectivity index (χ4v) is 4.19. The summed E-state index contributed by atoms with van der Waals surface area (Å²) in [6, 6.07) is 0. The van der Waals surface area contributed by atoms with Gasteiger partial charge in [-0.3, -0.25) is 0 Å². The van der Waals surface area contributed by atoms with Gasteiger partial charge in [0.15, 0.2) is 6.29 Å². The lowest BCUT2D eigenvalue weighted by molar-refractivity contribution is -0.342. The second kappa shape index (κ2) is 8.00. The SMILES string of the molecule is COC(=O)C1=CO[C@@H](O[C@H]2O[C@H](CO)[C@@H](O)[C@H](O)[C@@H]2O)[C@H]2[C@@H]1[C@H](O)C[C@H]2C. The third-order valence-corrected chi connectivity index (χ3v) is 5.64. The molecule has 0 bridgehead atoms. The minimum Gasteiger partial charge on any atom is -0.472 e. The molecule has 0 unspecified atom stereocenters. The Bertz CT molecular complexity index is 578. The van der Waals surface area contributed by atoms with Crippen molar-refractivity contribution in [1.29, 1.82) is 0 Å². The first-order chi connectivity index (χ1) is 12.8. The highest BCUT2D eigenvalue weighted by Crippen LogP contribution is 2.47. The van der Waals surface area contributed by atoms with E-state index in [0.717, 1.165) is 0 Å². The molecular weight excluding hydrogens is 364 g/mol. The molecule has 0 radical (unpaired) electrons. The van der Waals surface area contributed by atoms with E-state index >= 15 is 0 Å². The van der Waals surface area contributed by atoms with Crippen LogP contribution in [-0.4, -0.2) is 88.3 Å². The van der Waals surface area contributed by atoms with Crippen LogP contribution in [0, 0.1) is 17.8 Å². The van der Waals surface area contributed by atoms with Gasteiger partial charge in [-0.05, 0) is 12.3 Å². The van der Waals surface area contributed by atoms with Crippen molar-refractivity contribution >= 4 is 5.97 Å². The summed E-state index contributed by atoms with van der Waals surface area (Å²) in [5.41, 5.74) is 0.202. The summed E-state index contributed by atoms with van der Waals surface area (Å²) in [5.74, 6) is -1.68. The minimum absolute atomic E-state index is 0.0757. The molecule has 3 aliphatic rings. The molecule has 154 valence electrons. The molecule has 2 fully saturated rings. The number of aliphatic hydroxyl groups is 5. The zero-order valence-corrected chi connectivity index (χ0v) is 15.0. The van der Waals surface area contributed by atoms with Gasteiger partial charge in [-0.2, -0.15) is 0 Å². The van der Waals surface area contributed by atoms with Crippen LogP contribution in [0.25, 0.3) is 0 Å². The van der Waals surface area contributed by atoms with Gasteiger partial charge in [0.05, 0.1) is 31.7 Å². The van der Waals surface area contributed by atoms with Crippen LogP contribution in [0.1, 0.15) is 13.3 Å². The average molecular weight is 390 g/mol. The third-order valence-electron chi connectivity index (χ3n) is 5.64. The van der Waals surface area contributed by atoms with E-state index < -0.39 is 67.5 Å². The van der Waals surface area contributed by atoms with Crippen LogP contribution in [0.4, 0.5) is 0 Å². The number of ether oxygens (including phenoxy) is 4. The molecule has 5 N–H and O–H groups in total. The van der Waals surface area contributed by atoms with Crippen LogP contribution in [0.2, 0.25) is 0 Å². The van der Waals surface area contributed by atoms with Crippen molar-refractivity contribution in [3.63, 3.8) is 0 Å². The predicted octanol–water partition coefficient (Wildman–Crippen LogP) is -2.15. The monoisotopic (exact) mass is 390 g/mol. The second-order valence-corrected chi connectivity index (χ2v) is 7.29. The Labute approximate surface area is 155 Å². The van der Waals surface area contributed by atoms with E-state index in [0.29, 0.717) is 6.42 Å². The number of fused-ring (bicyclic) bond motifs is 1. The molecular formula is C17H26O10. The molecule has 0 spiro atoms. The highest BCUT2D eigenvalue weighted by atomic mass is 16.8. The molecule has 1 saturated carbocycles. The number of carbonyl (C=O) groups excluding carboxylic acids is 1. The van der Waals surface area contributed by atoms with Gasteiger partial charge in [0.2, 0.25) is 6.29 Å². The zero-order chi connectivity index (χ0) is 19.9. The largest absolute Gasteiger partial charge is 0.472 e. The standard InChI is InChI=1S/C17H26O10/c1-6-3-8(19)11-7(15(23)24-2)5-25-16(10(6)11)27-17-14(22)13(21)12(20)9(4-18)26-17/h5-6,8-14,16-22H,3-4H2,1-2H3/t6-,8-,9-,10-,11+,12-,13+,14+,16+,17-/m1/s1. The summed E-state index contributed by atoms with van der Waals surface area (Å²) in [6.07, 6.45) is -7.31. The third kappa shape index (κ3) is 3.58. The van der Waals surface area contributed by atoms with Gasteiger partial charge in [-0.1, -0.05) is 6.92 Å². The molecule has 10 nitrogen and oxygen atoms in total. The van der Waals surface area contributed by atoms with Gasteiger partial charge < -0.3 is 44.5 Å². The van der Waals surface area contributed by atoms with E-state index in [4.69, 9.17) is 18.9 Å². The van der Waals surface area contributed by atoms with Crippen LogP contribution in [0.5, 0.6) is 0 Å². The topological polar surface area (TPSA) is 155 Å². The summed E-state index contributed by atoms with van der Waals surface area (Å²) >= 11 is 0. The van der Waals surface area contributed by atoms with Gasteiger partial charge in [-0.15, -0.1) is 0 Å². The molecule has 0 amide bonds. The molecule has 27 heavy (non-hydrogen) atoms. The summed E-state index contributed by atoms with van der Waals surface area (Å²) in [6.45, 7) is 1.30. The molecule has 3 rings (SSSR count). The lowest BCUT2D eigenvalue weighted by Crippen LogP contribution is -2.60. The van der Waals surface area contributed by atoms with E-state index in [1.54, 1.807) is 0 Å². The number of rotatable bonds is 4. The molecule has 0 aromatic heterocycles. The number of methoxy groups -OCH3 is 1. The molecule has 2 heterocycles. The lowest BCUT2D eigenvalue weighted by Gasteiger charge is -2.43. The van der Waals surface area contributed by atoms with Crippen molar-refractivity contribution in [2.24, 2.45) is 17.8 Å². The van der Waals surface area contributed by atoms with E-state index in [2.05, 4.69) is 0 Å². The minimum atomic E-state index is -1.58. The van der Waals surface area contributed by atoms with Crippen molar-refractivity contribution < 1.29 is 49.3 Å². The van der Waals surface area contributed by atoms with Gasteiger partial charge in [0.25, 0.3) is 0 Å². The Balaban J connectivity index is 1.80. The summed E-state index contributed by atoms with van der Waals surface area (Å²) in [5, 5.41) is 49.6. The van der Waals surface area contributed by atoms with Crippen molar-refractivity contribution in [3.8, 4) is 0 Å². The van der Waals surface area contributed by atoms with Crippen molar-refractivity contribution in [2.45, 2.75) is 56.4 Å². The van der Waals surface area contributed by atoms with Gasteiger partial charge in [-0.25, -0.2) is 4.79 Å². The van der Waals surface area contributed by atoms with E-state index in [9.17, 15) is 30.3 Å². The van der Waals surface area contributed by atoms with Gasteiger partial charge in [0, 0.05) is 11.8 Å². The highest BCUT2D eigenvalue weighted by molar-refractivity contribution is 5.89. The summed E-state index contributed by atoms with van der Waals surface area (Å²) < 4.78 is 21.3. The predicted molar refractivity (Wildman–Crippen MR) is 86.6 cm³/mol. The van der Waals surface area contributed by atoms with E-state index in [1.165, 1.54) is 13.4 Å². The lowest BCUT2D eigenvalue weighted by atomic mass is 9.82. The summed E-state index contributed by atoms with van der Waals surface area (Å²) in [7, 11) is 1.24. The Morgan fingerprint density at radius 3 is 2.52 bits per heavy atom. The van der Waals surface area contributed by atoms with Crippen LogP contribution >= 0.6 is 0 Å². The van der Waals surface area contributed by atoms with Gasteiger partial charge >= 0.3 is 5.97 Å². The maximum absolute atomic E-state index is 12.0. The number of hydrogen-bond acceptors (Lipinski definition) is 10. The molecule has 0 aromatic carbocycles. The Morgan fingerprint density at radius 1 is 1.19 bits per heavy atom. The maximum atomic E-state index is 12.0. The van der Waals surface area contributed by atoms with Crippen LogP contribution in [-0.2, 0) is 23.7 Å². The zero-order valence-electron chi connectivity index (χ0n) is 15.0. The Hall–Kier alpha value is -1.27. The smallest absolute Gasteiger partial charge is 0.337 e. The fraction of sp³-hybridized carbons (Fsp3) is 0.824. The van der Waals surface area contributed by atoms with Crippen LogP contribution < -0.4 is 0 Å². The van der Waals surface area contributed by atoms with Crippen molar-refractivity contribution in [3.05, 3.63) is 11.8 Å². The van der Waals surface area contributed by atoms with E-state index in [1.807, 2.05) is 6.92 Å². The van der Waals surface area contributed by atoms with Crippen molar-refractivity contribution in [1.82, 2.24) is 0 Å². The first-order valence-electron chi connectivity index (χ1n) is 8.88. The first kappa shape index (κ1) is 20.5. The first-order valence-corrected chi connectivity index (χ1v) is 8.88. The van der Waals surface area contributed by atoms with Crippen molar-refractivity contribution in [2.75, 3.05) is 13.7 Å². The number of esters is 1.